The van der Waals surface area contributed by atoms with E-state index in [1.165, 1.54) is 42.4 Å². The third-order valence-electron chi connectivity index (χ3n) is 5.95. The van der Waals surface area contributed by atoms with Crippen molar-refractivity contribution >= 4 is 29.2 Å². The van der Waals surface area contributed by atoms with Crippen LogP contribution in [0.2, 0.25) is 0 Å². The lowest BCUT2D eigenvalue weighted by atomic mass is 9.82. The van der Waals surface area contributed by atoms with Crippen molar-refractivity contribution in [3.8, 4) is 0 Å². The van der Waals surface area contributed by atoms with Gasteiger partial charge >= 0.3 is 0 Å². The Kier molecular flexibility index (Phi) is 3.43. The van der Waals surface area contributed by atoms with Gasteiger partial charge in [0.15, 0.2) is 0 Å². The summed E-state index contributed by atoms with van der Waals surface area (Å²) in [7, 11) is 2.07. The lowest BCUT2D eigenvalue weighted by molar-refractivity contribution is 0.00407. The lowest BCUT2D eigenvalue weighted by Crippen LogP contribution is -2.58. The minimum absolute atomic E-state index is 0. The number of hydrogen-bond donors (Lipinski definition) is 0. The van der Waals surface area contributed by atoms with Crippen LogP contribution in [0.3, 0.4) is 0 Å². The van der Waals surface area contributed by atoms with E-state index in [1.807, 2.05) is 12.1 Å². The van der Waals surface area contributed by atoms with Crippen molar-refractivity contribution in [1.29, 1.82) is 0 Å². The Morgan fingerprint density at radius 1 is 1.17 bits per heavy atom. The summed E-state index contributed by atoms with van der Waals surface area (Å²) < 4.78 is 2.15. The molecule has 23 heavy (non-hydrogen) atoms. The summed E-state index contributed by atoms with van der Waals surface area (Å²) in [6.45, 7) is 4.28. The van der Waals surface area contributed by atoms with Crippen LogP contribution in [0.5, 0.6) is 0 Å². The Labute approximate surface area is 142 Å². The maximum absolute atomic E-state index is 13.1. The first-order chi connectivity index (χ1) is 10.7. The summed E-state index contributed by atoms with van der Waals surface area (Å²) in [5.41, 5.74) is 3.38. The van der Waals surface area contributed by atoms with Gasteiger partial charge in [-0.2, -0.15) is 0 Å². The third-order valence-corrected chi connectivity index (χ3v) is 5.95. The standard InChI is InChI=1S/C18H21N3O.ClH/c1-19-9-13-10-21(16-11-20-7-5-12(16)6-8-20)18(22)14-3-2-4-15(19)17(13)14;/h2-4,9,12,16H,5-8,10-11H2,1H3;1H/t16-;/m1./s1. The number of rotatable bonds is 1. The first-order valence-electron chi connectivity index (χ1n) is 8.32. The highest BCUT2D eigenvalue weighted by atomic mass is 35.5. The van der Waals surface area contributed by atoms with Crippen LogP contribution in [-0.2, 0) is 13.6 Å². The van der Waals surface area contributed by atoms with Gasteiger partial charge in [-0.3, -0.25) is 4.79 Å². The fraction of sp³-hybridized carbons (Fsp3) is 0.500. The second kappa shape index (κ2) is 5.25. The van der Waals surface area contributed by atoms with E-state index < -0.39 is 0 Å². The highest BCUT2D eigenvalue weighted by Gasteiger charge is 2.41. The Bertz CT molecular complexity index is 776. The van der Waals surface area contributed by atoms with Crippen LogP contribution in [0.4, 0.5) is 0 Å². The smallest absolute Gasteiger partial charge is 0.255 e. The SMILES string of the molecule is Cl.Cn1cc2c3c(cccc31)C(=O)N([C@@H]1CN3CCC1CC3)C2. The van der Waals surface area contributed by atoms with Gasteiger partial charge in [-0.15, -0.1) is 12.4 Å². The maximum Gasteiger partial charge on any atom is 0.255 e. The van der Waals surface area contributed by atoms with E-state index >= 15 is 0 Å². The van der Waals surface area contributed by atoms with Crippen LogP contribution in [-0.4, -0.2) is 46.0 Å². The first kappa shape index (κ1) is 15.0. The van der Waals surface area contributed by atoms with E-state index in [1.54, 1.807) is 0 Å². The molecule has 1 amide bonds. The summed E-state index contributed by atoms with van der Waals surface area (Å²) in [5, 5.41) is 1.17. The van der Waals surface area contributed by atoms with Crippen LogP contribution in [0.1, 0.15) is 28.8 Å². The van der Waals surface area contributed by atoms with Gasteiger partial charge in [0.25, 0.3) is 5.91 Å². The molecular formula is C18H22ClN3O. The molecule has 4 nitrogen and oxygen atoms in total. The predicted molar refractivity (Wildman–Crippen MR) is 93.0 cm³/mol. The first-order valence-corrected chi connectivity index (χ1v) is 8.32. The molecule has 3 fully saturated rings. The average molecular weight is 332 g/mol. The zero-order valence-corrected chi connectivity index (χ0v) is 14.2. The summed E-state index contributed by atoms with van der Waals surface area (Å²) in [6.07, 6.45) is 4.70. The maximum atomic E-state index is 13.1. The van der Waals surface area contributed by atoms with Crippen molar-refractivity contribution in [3.05, 3.63) is 35.5 Å². The number of aryl methyl sites for hydroxylation is 1. The van der Waals surface area contributed by atoms with Crippen LogP contribution >= 0.6 is 12.4 Å². The molecule has 0 N–H and O–H groups in total. The van der Waals surface area contributed by atoms with Crippen molar-refractivity contribution < 1.29 is 4.79 Å². The second-order valence-corrected chi connectivity index (χ2v) is 7.10. The molecule has 1 aromatic carbocycles. The van der Waals surface area contributed by atoms with Crippen molar-refractivity contribution in [2.45, 2.75) is 25.4 Å². The minimum Gasteiger partial charge on any atom is -0.350 e. The van der Waals surface area contributed by atoms with Crippen LogP contribution in [0, 0.1) is 5.92 Å². The van der Waals surface area contributed by atoms with Crippen LogP contribution < -0.4 is 0 Å². The fourth-order valence-electron chi connectivity index (χ4n) is 4.80. The second-order valence-electron chi connectivity index (χ2n) is 7.10. The van der Waals surface area contributed by atoms with Gasteiger partial charge in [0.2, 0.25) is 0 Å². The molecule has 0 saturated carbocycles. The van der Waals surface area contributed by atoms with E-state index in [2.05, 4.69) is 33.7 Å². The average Bonchev–Trinajstić information content (AvgIpc) is 2.89. The van der Waals surface area contributed by atoms with E-state index in [0.717, 1.165) is 18.7 Å². The molecular weight excluding hydrogens is 310 g/mol. The fourth-order valence-corrected chi connectivity index (χ4v) is 4.80. The number of nitrogens with zero attached hydrogens (tertiary/aromatic N) is 3. The number of amides is 1. The molecule has 5 heterocycles. The van der Waals surface area contributed by atoms with Crippen molar-refractivity contribution in [3.63, 3.8) is 0 Å². The summed E-state index contributed by atoms with van der Waals surface area (Å²) in [4.78, 5) is 17.8. The zero-order valence-electron chi connectivity index (χ0n) is 13.4. The Balaban J connectivity index is 0.00000135. The molecule has 3 saturated heterocycles. The Morgan fingerprint density at radius 3 is 2.65 bits per heavy atom. The van der Waals surface area contributed by atoms with Crippen molar-refractivity contribution in [1.82, 2.24) is 14.4 Å². The number of carbonyl (C=O) groups excluding carboxylic acids is 1. The third kappa shape index (κ3) is 2.05. The van der Waals surface area contributed by atoms with Gasteiger partial charge in [-0.1, -0.05) is 6.07 Å². The molecule has 122 valence electrons. The monoisotopic (exact) mass is 331 g/mol. The van der Waals surface area contributed by atoms with Gasteiger partial charge in [-0.25, -0.2) is 0 Å². The van der Waals surface area contributed by atoms with Gasteiger partial charge in [0.05, 0.1) is 0 Å². The molecule has 0 radical (unpaired) electrons. The van der Waals surface area contributed by atoms with Gasteiger partial charge in [0.1, 0.15) is 0 Å². The number of piperidine rings is 3. The van der Waals surface area contributed by atoms with Gasteiger partial charge in [0, 0.05) is 48.8 Å². The molecule has 6 rings (SSSR count). The summed E-state index contributed by atoms with van der Waals surface area (Å²) >= 11 is 0. The topological polar surface area (TPSA) is 28.5 Å². The number of fused-ring (bicyclic) bond motifs is 3. The van der Waals surface area contributed by atoms with E-state index in [-0.39, 0.29) is 18.3 Å². The largest absolute Gasteiger partial charge is 0.350 e. The predicted octanol–water partition coefficient (Wildman–Crippen LogP) is 2.65. The molecule has 4 aliphatic heterocycles. The lowest BCUT2D eigenvalue weighted by Gasteiger charge is -2.49. The summed E-state index contributed by atoms with van der Waals surface area (Å²) in [6, 6.07) is 6.53. The minimum atomic E-state index is 0. The van der Waals surface area contributed by atoms with Crippen molar-refractivity contribution in [2.24, 2.45) is 13.0 Å². The number of halogens is 1. The number of hydrogen-bond acceptors (Lipinski definition) is 2. The molecule has 4 aliphatic rings. The molecule has 1 aromatic heterocycles. The number of aromatic nitrogens is 1. The summed E-state index contributed by atoms with van der Waals surface area (Å²) in [5.74, 6) is 0.932. The Hall–Kier alpha value is -1.52. The molecule has 5 heteroatoms. The molecule has 2 aromatic rings. The Morgan fingerprint density at radius 2 is 1.96 bits per heavy atom. The van der Waals surface area contributed by atoms with Gasteiger partial charge < -0.3 is 14.4 Å². The molecule has 0 unspecified atom stereocenters. The van der Waals surface area contributed by atoms with Crippen LogP contribution in [0.25, 0.3) is 10.9 Å². The normalized spacial score (nSPS) is 29.0. The van der Waals surface area contributed by atoms with E-state index in [0.29, 0.717) is 12.0 Å². The van der Waals surface area contributed by atoms with Crippen LogP contribution in [0.15, 0.2) is 24.4 Å². The highest BCUT2D eigenvalue weighted by Crippen LogP contribution is 2.37. The molecule has 2 bridgehead atoms. The number of benzene rings is 1. The highest BCUT2D eigenvalue weighted by molar-refractivity contribution is 6.09. The quantitative estimate of drug-likeness (QED) is 0.803. The molecule has 1 atom stereocenters. The van der Waals surface area contributed by atoms with E-state index in [4.69, 9.17) is 0 Å². The number of carbonyl (C=O) groups is 1. The zero-order chi connectivity index (χ0) is 14.8. The van der Waals surface area contributed by atoms with Gasteiger partial charge in [-0.05, 0) is 49.5 Å². The molecule has 0 spiro atoms. The van der Waals surface area contributed by atoms with E-state index in [9.17, 15) is 4.79 Å². The van der Waals surface area contributed by atoms with Crippen molar-refractivity contribution in [2.75, 3.05) is 19.6 Å². The molecule has 0 aliphatic carbocycles.